The van der Waals surface area contributed by atoms with Gasteiger partial charge in [0.05, 0.1) is 0 Å². The summed E-state index contributed by atoms with van der Waals surface area (Å²) in [7, 11) is 0. The van der Waals surface area contributed by atoms with Crippen LogP contribution in [0.1, 0.15) is 31.3 Å². The molecule has 0 fully saturated rings. The lowest BCUT2D eigenvalue weighted by Gasteiger charge is -2.04. The van der Waals surface area contributed by atoms with Gasteiger partial charge in [-0.2, -0.15) is 0 Å². The van der Waals surface area contributed by atoms with Crippen LogP contribution in [0.4, 0.5) is 0 Å². The van der Waals surface area contributed by atoms with Crippen LogP contribution >= 0.6 is 15.9 Å². The van der Waals surface area contributed by atoms with Gasteiger partial charge in [-0.3, -0.25) is 0 Å². The van der Waals surface area contributed by atoms with E-state index in [1.165, 1.54) is 0 Å². The van der Waals surface area contributed by atoms with Gasteiger partial charge in [0.15, 0.2) is 0 Å². The zero-order valence-electron chi connectivity index (χ0n) is 6.93. The minimum Gasteiger partial charge on any atom is -0.238 e. The Morgan fingerprint density at radius 2 is 2.00 bits per heavy atom. The summed E-state index contributed by atoms with van der Waals surface area (Å²) in [6.45, 7) is 6.14. The molecule has 0 aromatic carbocycles. The molecule has 1 aromatic rings. The molecule has 0 atom stereocenters. The summed E-state index contributed by atoms with van der Waals surface area (Å²) in [6.07, 6.45) is 0. The maximum absolute atomic E-state index is 4.29. The van der Waals surface area contributed by atoms with E-state index in [4.69, 9.17) is 0 Å². The molecule has 0 N–H and O–H groups in total. The highest BCUT2D eigenvalue weighted by Crippen LogP contribution is 2.15. The van der Waals surface area contributed by atoms with Crippen LogP contribution in [0.5, 0.6) is 0 Å². The van der Waals surface area contributed by atoms with Crippen molar-refractivity contribution in [1.82, 2.24) is 9.97 Å². The van der Waals surface area contributed by atoms with Gasteiger partial charge in [0, 0.05) is 5.69 Å². The van der Waals surface area contributed by atoms with Gasteiger partial charge in [-0.05, 0) is 34.8 Å². The molecule has 1 aromatic heterocycles. The standard InChI is InChI=1S/C8H11BrN2/c1-5(2)7-4-8(9)11-6(3)10-7/h4-5H,1-3H3. The first-order chi connectivity index (χ1) is 5.09. The Kier molecular flexibility index (Phi) is 2.60. The third-order valence-electron chi connectivity index (χ3n) is 1.42. The van der Waals surface area contributed by atoms with E-state index in [9.17, 15) is 0 Å². The monoisotopic (exact) mass is 214 g/mol. The van der Waals surface area contributed by atoms with Gasteiger partial charge in [0.1, 0.15) is 10.4 Å². The minimum atomic E-state index is 0.466. The topological polar surface area (TPSA) is 25.8 Å². The third kappa shape index (κ3) is 2.26. The lowest BCUT2D eigenvalue weighted by atomic mass is 10.1. The molecule has 1 rings (SSSR count). The maximum atomic E-state index is 4.29. The fourth-order valence-electron chi connectivity index (χ4n) is 0.849. The highest BCUT2D eigenvalue weighted by Gasteiger charge is 2.02. The number of hydrogen-bond donors (Lipinski definition) is 0. The lowest BCUT2D eigenvalue weighted by molar-refractivity contribution is 0.797. The molecule has 0 bridgehead atoms. The van der Waals surface area contributed by atoms with Crippen LogP contribution in [0.3, 0.4) is 0 Å². The molecule has 0 aliphatic rings. The van der Waals surface area contributed by atoms with Crippen LogP contribution in [0, 0.1) is 6.92 Å². The Bertz CT molecular complexity index is 238. The molecule has 0 aliphatic carbocycles. The number of hydrogen-bond acceptors (Lipinski definition) is 2. The summed E-state index contributed by atoms with van der Waals surface area (Å²) in [5.74, 6) is 1.29. The van der Waals surface area contributed by atoms with Crippen molar-refractivity contribution in [1.29, 1.82) is 0 Å². The van der Waals surface area contributed by atoms with E-state index in [0.717, 1.165) is 16.1 Å². The van der Waals surface area contributed by atoms with E-state index < -0.39 is 0 Å². The number of halogens is 1. The second-order valence-corrected chi connectivity index (χ2v) is 3.63. The molecule has 11 heavy (non-hydrogen) atoms. The van der Waals surface area contributed by atoms with E-state index in [1.54, 1.807) is 0 Å². The zero-order valence-corrected chi connectivity index (χ0v) is 8.51. The molecule has 0 unspecified atom stereocenters. The van der Waals surface area contributed by atoms with Gasteiger partial charge in [-0.1, -0.05) is 13.8 Å². The van der Waals surface area contributed by atoms with Gasteiger partial charge in [0.25, 0.3) is 0 Å². The van der Waals surface area contributed by atoms with Crippen molar-refractivity contribution < 1.29 is 0 Å². The SMILES string of the molecule is Cc1nc(Br)cc(C(C)C)n1. The second kappa shape index (κ2) is 3.30. The molecule has 1 heterocycles. The highest BCUT2D eigenvalue weighted by atomic mass is 79.9. The molecule has 3 heteroatoms. The number of aromatic nitrogens is 2. The third-order valence-corrected chi connectivity index (χ3v) is 1.82. The number of nitrogens with zero attached hydrogens (tertiary/aromatic N) is 2. The lowest BCUT2D eigenvalue weighted by Crippen LogP contribution is -1.97. The Balaban J connectivity index is 3.08. The molecule has 0 spiro atoms. The van der Waals surface area contributed by atoms with Crippen LogP contribution < -0.4 is 0 Å². The first-order valence-electron chi connectivity index (χ1n) is 3.60. The molecular weight excluding hydrogens is 204 g/mol. The largest absolute Gasteiger partial charge is 0.238 e. The van der Waals surface area contributed by atoms with Crippen molar-refractivity contribution in [2.24, 2.45) is 0 Å². The van der Waals surface area contributed by atoms with E-state index in [-0.39, 0.29) is 0 Å². The normalized spacial score (nSPS) is 10.6. The fourth-order valence-corrected chi connectivity index (χ4v) is 1.34. The van der Waals surface area contributed by atoms with Gasteiger partial charge in [-0.25, -0.2) is 9.97 Å². The molecule has 2 nitrogen and oxygen atoms in total. The fraction of sp³-hybridized carbons (Fsp3) is 0.500. The van der Waals surface area contributed by atoms with Crippen molar-refractivity contribution in [3.05, 3.63) is 22.2 Å². The van der Waals surface area contributed by atoms with E-state index in [0.29, 0.717) is 5.92 Å². The Hall–Kier alpha value is -0.440. The van der Waals surface area contributed by atoms with E-state index in [1.807, 2.05) is 13.0 Å². The van der Waals surface area contributed by atoms with Crippen LogP contribution in [0.25, 0.3) is 0 Å². The van der Waals surface area contributed by atoms with Crippen molar-refractivity contribution in [2.75, 3.05) is 0 Å². The van der Waals surface area contributed by atoms with Gasteiger partial charge >= 0.3 is 0 Å². The molecule has 60 valence electrons. The summed E-state index contributed by atoms with van der Waals surface area (Å²) in [4.78, 5) is 8.41. The van der Waals surface area contributed by atoms with Gasteiger partial charge in [-0.15, -0.1) is 0 Å². The molecule has 0 amide bonds. The minimum absolute atomic E-state index is 0.466. The highest BCUT2D eigenvalue weighted by molar-refractivity contribution is 9.10. The quantitative estimate of drug-likeness (QED) is 0.673. The van der Waals surface area contributed by atoms with Crippen molar-refractivity contribution in [2.45, 2.75) is 26.7 Å². The number of aryl methyl sites for hydroxylation is 1. The number of rotatable bonds is 1. The van der Waals surface area contributed by atoms with Crippen LogP contribution in [-0.4, -0.2) is 9.97 Å². The maximum Gasteiger partial charge on any atom is 0.126 e. The summed E-state index contributed by atoms with van der Waals surface area (Å²) < 4.78 is 0.869. The summed E-state index contributed by atoms with van der Waals surface area (Å²) in [6, 6.07) is 1.96. The van der Waals surface area contributed by atoms with Gasteiger partial charge < -0.3 is 0 Å². The average molecular weight is 215 g/mol. The van der Waals surface area contributed by atoms with Crippen LogP contribution in [0.2, 0.25) is 0 Å². The smallest absolute Gasteiger partial charge is 0.126 e. The predicted octanol–water partition coefficient (Wildman–Crippen LogP) is 2.67. The summed E-state index contributed by atoms with van der Waals surface area (Å²) >= 11 is 3.33. The van der Waals surface area contributed by atoms with Crippen LogP contribution in [-0.2, 0) is 0 Å². The van der Waals surface area contributed by atoms with Gasteiger partial charge in [0.2, 0.25) is 0 Å². The second-order valence-electron chi connectivity index (χ2n) is 2.82. The Labute approximate surface area is 75.2 Å². The summed E-state index contributed by atoms with van der Waals surface area (Å²) in [5.41, 5.74) is 1.09. The Morgan fingerprint density at radius 1 is 1.36 bits per heavy atom. The Morgan fingerprint density at radius 3 is 2.45 bits per heavy atom. The van der Waals surface area contributed by atoms with E-state index >= 15 is 0 Å². The van der Waals surface area contributed by atoms with Crippen molar-refractivity contribution in [3.63, 3.8) is 0 Å². The summed E-state index contributed by atoms with van der Waals surface area (Å²) in [5, 5.41) is 0. The predicted molar refractivity (Wildman–Crippen MR) is 48.6 cm³/mol. The average Bonchev–Trinajstić information content (AvgIpc) is 1.85. The van der Waals surface area contributed by atoms with Crippen LogP contribution in [0.15, 0.2) is 10.7 Å². The molecule has 0 saturated carbocycles. The first-order valence-corrected chi connectivity index (χ1v) is 4.40. The zero-order chi connectivity index (χ0) is 8.43. The molecule has 0 radical (unpaired) electrons. The molecule has 0 saturated heterocycles. The van der Waals surface area contributed by atoms with Crippen molar-refractivity contribution in [3.8, 4) is 0 Å². The molecule has 0 aliphatic heterocycles. The van der Waals surface area contributed by atoms with E-state index in [2.05, 4.69) is 39.7 Å². The first kappa shape index (κ1) is 8.65. The molecular formula is C8H11BrN2. The van der Waals surface area contributed by atoms with Crippen molar-refractivity contribution >= 4 is 15.9 Å².